The molecule has 3 heteroatoms. The van der Waals surface area contributed by atoms with Crippen molar-refractivity contribution in [2.75, 3.05) is 9.80 Å². The van der Waals surface area contributed by atoms with Crippen LogP contribution in [0.1, 0.15) is 25.0 Å². The standard InChI is InChI=1S/C65H47N3/c1-65(2)58-33-19-20-34-63(58)68-62-38-35-44(50-36-39-60(54-31-17-15-29-52(50)54)66(46-21-7-3-8-22-46)47-23-9-4-10-24-47)41-56(62)57-42-45(43-59(65)64(57)68)51-37-40-61(55-32-18-16-30-53(51)55)67(48-25-11-5-12-26-48)49-27-13-6-14-28-49/h3-43H,1-2H3. The van der Waals surface area contributed by atoms with Crippen LogP contribution in [-0.4, -0.2) is 4.57 Å². The molecule has 13 rings (SSSR count). The average molecular weight is 870 g/mol. The van der Waals surface area contributed by atoms with E-state index in [9.17, 15) is 0 Å². The third-order valence-electron chi connectivity index (χ3n) is 14.3. The van der Waals surface area contributed by atoms with Crippen molar-refractivity contribution in [3.8, 4) is 27.9 Å². The highest BCUT2D eigenvalue weighted by molar-refractivity contribution is 6.16. The number of rotatable bonds is 8. The van der Waals surface area contributed by atoms with Crippen molar-refractivity contribution in [3.05, 3.63) is 260 Å². The Labute approximate surface area is 397 Å². The van der Waals surface area contributed by atoms with Gasteiger partial charge in [-0.3, -0.25) is 0 Å². The highest BCUT2D eigenvalue weighted by atomic mass is 15.1. The van der Waals surface area contributed by atoms with E-state index in [0.29, 0.717) is 0 Å². The molecule has 1 aliphatic heterocycles. The van der Waals surface area contributed by atoms with Gasteiger partial charge in [0.25, 0.3) is 0 Å². The zero-order chi connectivity index (χ0) is 45.3. The number of hydrogen-bond donors (Lipinski definition) is 0. The Kier molecular flexibility index (Phi) is 9.19. The molecule has 12 aromatic rings. The number of anilines is 6. The Balaban J connectivity index is 1.03. The maximum Gasteiger partial charge on any atom is 0.0582 e. The van der Waals surface area contributed by atoms with E-state index < -0.39 is 0 Å². The molecule has 2 heterocycles. The summed E-state index contributed by atoms with van der Waals surface area (Å²) in [6, 6.07) is 91.0. The minimum Gasteiger partial charge on any atom is -0.310 e. The topological polar surface area (TPSA) is 11.4 Å². The summed E-state index contributed by atoms with van der Waals surface area (Å²) < 4.78 is 2.53. The summed E-state index contributed by atoms with van der Waals surface area (Å²) >= 11 is 0. The van der Waals surface area contributed by atoms with Gasteiger partial charge in [-0.05, 0) is 135 Å². The molecular formula is C65H47N3. The number of benzene rings is 11. The Hall–Kier alpha value is -8.66. The third kappa shape index (κ3) is 6.20. The van der Waals surface area contributed by atoms with Crippen LogP contribution in [0.25, 0.3) is 71.3 Å². The zero-order valence-electron chi connectivity index (χ0n) is 38.0. The molecule has 68 heavy (non-hydrogen) atoms. The van der Waals surface area contributed by atoms with Crippen molar-refractivity contribution >= 4 is 77.5 Å². The van der Waals surface area contributed by atoms with Crippen molar-refractivity contribution in [2.24, 2.45) is 0 Å². The molecule has 0 unspecified atom stereocenters. The van der Waals surface area contributed by atoms with Crippen molar-refractivity contribution in [2.45, 2.75) is 19.3 Å². The number of fused-ring (bicyclic) bond motifs is 7. The Morgan fingerprint density at radius 3 is 1.26 bits per heavy atom. The van der Waals surface area contributed by atoms with E-state index in [1.165, 1.54) is 82.4 Å². The normalized spacial score (nSPS) is 12.7. The fraction of sp³-hybridized carbons (Fsp3) is 0.0462. The van der Waals surface area contributed by atoms with Crippen LogP contribution in [0.3, 0.4) is 0 Å². The van der Waals surface area contributed by atoms with Crippen LogP contribution in [0.2, 0.25) is 0 Å². The summed E-state index contributed by atoms with van der Waals surface area (Å²) in [4.78, 5) is 4.75. The number of hydrogen-bond acceptors (Lipinski definition) is 2. The summed E-state index contributed by atoms with van der Waals surface area (Å²) in [6.45, 7) is 4.80. The minimum absolute atomic E-state index is 0.249. The zero-order valence-corrected chi connectivity index (χ0v) is 38.0. The smallest absolute Gasteiger partial charge is 0.0582 e. The lowest BCUT2D eigenvalue weighted by molar-refractivity contribution is 0.630. The molecule has 0 saturated carbocycles. The molecule has 0 bridgehead atoms. The third-order valence-corrected chi connectivity index (χ3v) is 14.3. The summed E-state index contributed by atoms with van der Waals surface area (Å²) in [5.74, 6) is 0. The van der Waals surface area contributed by atoms with Crippen molar-refractivity contribution in [3.63, 3.8) is 0 Å². The van der Waals surface area contributed by atoms with Crippen LogP contribution in [0.5, 0.6) is 0 Å². The van der Waals surface area contributed by atoms with E-state index >= 15 is 0 Å². The van der Waals surface area contributed by atoms with E-state index in [4.69, 9.17) is 0 Å². The van der Waals surface area contributed by atoms with E-state index in [2.05, 4.69) is 277 Å². The van der Waals surface area contributed by atoms with Crippen molar-refractivity contribution in [1.82, 2.24) is 4.57 Å². The van der Waals surface area contributed by atoms with Crippen molar-refractivity contribution < 1.29 is 0 Å². The monoisotopic (exact) mass is 869 g/mol. The van der Waals surface area contributed by atoms with Gasteiger partial charge >= 0.3 is 0 Å². The predicted octanol–water partition coefficient (Wildman–Crippen LogP) is 18.0. The Morgan fingerprint density at radius 1 is 0.324 bits per heavy atom. The van der Waals surface area contributed by atoms with Gasteiger partial charge in [-0.1, -0.05) is 172 Å². The van der Waals surface area contributed by atoms with Crippen LogP contribution in [0, 0.1) is 0 Å². The molecule has 0 aliphatic carbocycles. The molecule has 0 amide bonds. The van der Waals surface area contributed by atoms with Gasteiger partial charge in [0.2, 0.25) is 0 Å². The van der Waals surface area contributed by atoms with Gasteiger partial charge in [-0.15, -0.1) is 0 Å². The number of nitrogens with zero attached hydrogens (tertiary/aromatic N) is 3. The molecule has 1 aromatic heterocycles. The fourth-order valence-electron chi connectivity index (χ4n) is 11.2. The van der Waals surface area contributed by atoms with E-state index in [1.54, 1.807) is 0 Å². The maximum absolute atomic E-state index is 2.53. The van der Waals surface area contributed by atoms with Gasteiger partial charge in [-0.2, -0.15) is 0 Å². The lowest BCUT2D eigenvalue weighted by Gasteiger charge is -2.35. The summed E-state index contributed by atoms with van der Waals surface area (Å²) in [6.07, 6.45) is 0. The fourth-order valence-corrected chi connectivity index (χ4v) is 11.2. The molecule has 0 spiro atoms. The number of para-hydroxylation sites is 5. The lowest BCUT2D eigenvalue weighted by Crippen LogP contribution is -2.26. The number of aromatic nitrogens is 1. The molecule has 0 fully saturated rings. The molecule has 0 saturated heterocycles. The van der Waals surface area contributed by atoms with E-state index in [1.807, 2.05) is 0 Å². The molecular weight excluding hydrogens is 823 g/mol. The SMILES string of the molecule is CC1(C)c2ccccc2-n2c3ccc(-c4ccc(N(c5ccccc5)c5ccccc5)c5ccccc45)cc3c3cc(-c4ccc(N(c5ccccc5)c5ccccc5)c5ccccc45)cc1c32. The largest absolute Gasteiger partial charge is 0.310 e. The molecule has 3 nitrogen and oxygen atoms in total. The maximum atomic E-state index is 2.53. The first kappa shape index (κ1) is 39.7. The van der Waals surface area contributed by atoms with E-state index in [-0.39, 0.29) is 5.41 Å². The molecule has 11 aromatic carbocycles. The van der Waals surface area contributed by atoms with Gasteiger partial charge in [0.15, 0.2) is 0 Å². The summed E-state index contributed by atoms with van der Waals surface area (Å²) in [7, 11) is 0. The van der Waals surface area contributed by atoms with E-state index in [0.717, 1.165) is 34.1 Å². The van der Waals surface area contributed by atoms with Gasteiger partial charge in [0.05, 0.1) is 28.1 Å². The van der Waals surface area contributed by atoms with Gasteiger partial charge in [0, 0.05) is 49.7 Å². The summed E-state index contributed by atoms with van der Waals surface area (Å²) in [5, 5.41) is 7.35. The van der Waals surface area contributed by atoms with Crippen LogP contribution in [0.15, 0.2) is 249 Å². The first-order chi connectivity index (χ1) is 33.5. The quantitative estimate of drug-likeness (QED) is 0.151. The van der Waals surface area contributed by atoms with Gasteiger partial charge in [0.1, 0.15) is 0 Å². The predicted molar refractivity (Wildman–Crippen MR) is 288 cm³/mol. The molecule has 0 atom stereocenters. The second kappa shape index (κ2) is 15.8. The Morgan fingerprint density at radius 2 is 0.750 bits per heavy atom. The van der Waals surface area contributed by atoms with Crippen LogP contribution < -0.4 is 9.80 Å². The van der Waals surface area contributed by atoms with Crippen LogP contribution >= 0.6 is 0 Å². The molecule has 0 N–H and O–H groups in total. The highest BCUT2D eigenvalue weighted by Gasteiger charge is 2.36. The average Bonchev–Trinajstić information content (AvgIpc) is 3.73. The molecule has 0 radical (unpaired) electrons. The lowest BCUT2D eigenvalue weighted by atomic mass is 9.74. The van der Waals surface area contributed by atoms with Crippen molar-refractivity contribution in [1.29, 1.82) is 0 Å². The van der Waals surface area contributed by atoms with Crippen LogP contribution in [-0.2, 0) is 5.41 Å². The highest BCUT2D eigenvalue weighted by Crippen LogP contribution is 2.51. The van der Waals surface area contributed by atoms with Crippen LogP contribution in [0.4, 0.5) is 34.1 Å². The minimum atomic E-state index is -0.249. The first-order valence-electron chi connectivity index (χ1n) is 23.6. The first-order valence-corrected chi connectivity index (χ1v) is 23.6. The van der Waals surface area contributed by atoms with Gasteiger partial charge in [-0.25, -0.2) is 0 Å². The van der Waals surface area contributed by atoms with Gasteiger partial charge < -0.3 is 14.4 Å². The summed E-state index contributed by atoms with van der Waals surface area (Å²) in [5.41, 5.74) is 17.8. The second-order valence-corrected chi connectivity index (χ2v) is 18.5. The molecule has 322 valence electrons. The second-order valence-electron chi connectivity index (χ2n) is 18.5. The molecule has 1 aliphatic rings. The Bertz CT molecular complexity index is 3790.